The Kier molecular flexibility index (Phi) is 11.4. The van der Waals surface area contributed by atoms with Gasteiger partial charge in [0, 0.05) is 25.8 Å². The Morgan fingerprint density at radius 2 is 1.55 bits per heavy atom. The number of nitrogens with one attached hydrogen (secondary N) is 2. The minimum atomic E-state index is -0.670. The van der Waals surface area contributed by atoms with E-state index in [9.17, 15) is 14.4 Å². The first-order chi connectivity index (χ1) is 23.6. The van der Waals surface area contributed by atoms with Gasteiger partial charge in [-0.3, -0.25) is 9.59 Å². The first kappa shape index (κ1) is 35.2. The molecule has 49 heavy (non-hydrogen) atoms. The highest BCUT2D eigenvalue weighted by atomic mass is 79.9. The molecule has 2 amide bonds. The number of nitrogens with zero attached hydrogens (tertiary/aromatic N) is 1. The number of amides is 2. The van der Waals surface area contributed by atoms with Crippen molar-refractivity contribution in [2.45, 2.75) is 6.92 Å². The maximum atomic E-state index is 13.0. The number of methoxy groups -OCH3 is 3. The van der Waals surface area contributed by atoms with E-state index < -0.39 is 11.9 Å². The monoisotopic (exact) mass is 765 g/mol. The largest absolute Gasteiger partial charge is 0.493 e. The van der Waals surface area contributed by atoms with Crippen molar-refractivity contribution in [2.75, 3.05) is 33.3 Å². The molecule has 0 bridgehead atoms. The fourth-order valence-electron chi connectivity index (χ4n) is 4.62. The van der Waals surface area contributed by atoms with Crippen molar-refractivity contribution >= 4 is 78.6 Å². The maximum Gasteiger partial charge on any atom is 0.343 e. The van der Waals surface area contributed by atoms with E-state index in [0.29, 0.717) is 56.3 Å². The van der Waals surface area contributed by atoms with Gasteiger partial charge in [0.05, 0.1) is 44.7 Å². The zero-order valence-electron chi connectivity index (χ0n) is 26.6. The van der Waals surface area contributed by atoms with Crippen LogP contribution in [0.1, 0.15) is 42.9 Å². The van der Waals surface area contributed by atoms with Gasteiger partial charge in [0.2, 0.25) is 5.75 Å². The van der Waals surface area contributed by atoms with Crippen LogP contribution < -0.4 is 34.4 Å². The Morgan fingerprint density at radius 1 is 0.837 bits per heavy atom. The number of ether oxygens (including phenoxy) is 5. The number of fused-ring (bicyclic) bond motifs is 1. The number of hydrogen-bond donors (Lipinski definition) is 2. The Morgan fingerprint density at radius 3 is 2.20 bits per heavy atom. The van der Waals surface area contributed by atoms with Crippen LogP contribution in [0.15, 0.2) is 82.4 Å². The van der Waals surface area contributed by atoms with Crippen LogP contribution in [-0.2, 0) is 0 Å². The number of halogens is 2. The summed E-state index contributed by atoms with van der Waals surface area (Å²) in [5.41, 5.74) is 4.04. The number of anilines is 1. The normalized spacial score (nSPS) is 10.9. The molecule has 0 saturated heterocycles. The highest BCUT2D eigenvalue weighted by Gasteiger charge is 2.20. The maximum absolute atomic E-state index is 13.0. The molecule has 1 heterocycles. The van der Waals surface area contributed by atoms with Gasteiger partial charge in [-0.15, -0.1) is 11.3 Å². The number of hydrogen-bond acceptors (Lipinski definition) is 10. The number of hydrazone groups is 1. The molecule has 0 aliphatic heterocycles. The Balaban J connectivity index is 1.21. The molecule has 0 aliphatic carbocycles. The minimum absolute atomic E-state index is 0.176. The highest BCUT2D eigenvalue weighted by molar-refractivity contribution is 9.10. The summed E-state index contributed by atoms with van der Waals surface area (Å²) in [6.45, 7) is 2.10. The van der Waals surface area contributed by atoms with Crippen molar-refractivity contribution < 1.29 is 38.1 Å². The summed E-state index contributed by atoms with van der Waals surface area (Å²) in [6, 6.07) is 19.8. The zero-order chi connectivity index (χ0) is 35.1. The zero-order valence-corrected chi connectivity index (χ0v) is 29.7. The molecule has 0 unspecified atom stereocenters. The van der Waals surface area contributed by atoms with Crippen LogP contribution >= 0.6 is 38.9 Å². The van der Waals surface area contributed by atoms with Crippen molar-refractivity contribution in [3.05, 3.63) is 104 Å². The quantitative estimate of drug-likeness (QED) is 0.0566. The Hall–Kier alpha value is -5.11. The van der Waals surface area contributed by atoms with Gasteiger partial charge in [-0.2, -0.15) is 5.10 Å². The third-order valence-electron chi connectivity index (χ3n) is 6.95. The van der Waals surface area contributed by atoms with Crippen LogP contribution in [-0.4, -0.2) is 51.9 Å². The predicted octanol–water partition coefficient (Wildman–Crippen LogP) is 7.98. The molecule has 4 aromatic carbocycles. The summed E-state index contributed by atoms with van der Waals surface area (Å²) in [6.07, 6.45) is 1.42. The Labute approximate surface area is 298 Å². The first-order valence-corrected chi connectivity index (χ1v) is 16.6. The second-order valence-corrected chi connectivity index (χ2v) is 12.4. The first-order valence-electron chi connectivity index (χ1n) is 14.6. The molecule has 5 aromatic rings. The highest BCUT2D eigenvalue weighted by Crippen LogP contribution is 2.39. The summed E-state index contributed by atoms with van der Waals surface area (Å²) in [7, 11) is 4.36. The van der Waals surface area contributed by atoms with Crippen molar-refractivity contribution in [1.82, 2.24) is 5.43 Å². The smallest absolute Gasteiger partial charge is 0.343 e. The summed E-state index contributed by atoms with van der Waals surface area (Å²) >= 11 is 11.2. The van der Waals surface area contributed by atoms with Crippen molar-refractivity contribution in [2.24, 2.45) is 5.10 Å². The van der Waals surface area contributed by atoms with E-state index in [2.05, 4.69) is 31.8 Å². The standard InChI is InChI=1S/C35H29BrClN3O8S/c1-5-47-26-14-19(6-13-25(26)48-35(43)21-15-27(44-2)31(46-4)28(16-21)45-3)18-38-40-33(41)20-7-10-23(11-8-20)39-34(42)32-30(37)24-12-9-22(36)17-29(24)49-32/h6-18H,5H2,1-4H3,(H,39,42)(H,40,41)/b38-18-. The number of carbonyl (C=O) groups excluding carboxylic acids is 3. The third-order valence-corrected chi connectivity index (χ3v) is 9.10. The number of benzene rings is 4. The lowest BCUT2D eigenvalue weighted by Crippen LogP contribution is -2.17. The van der Waals surface area contributed by atoms with Gasteiger partial charge in [-0.1, -0.05) is 33.6 Å². The molecule has 1 aromatic heterocycles. The molecular formula is C35H29BrClN3O8S. The predicted molar refractivity (Wildman–Crippen MR) is 193 cm³/mol. The lowest BCUT2D eigenvalue weighted by Gasteiger charge is -2.15. The van der Waals surface area contributed by atoms with Gasteiger partial charge in [0.1, 0.15) is 4.88 Å². The summed E-state index contributed by atoms with van der Waals surface area (Å²) in [4.78, 5) is 39.1. The van der Waals surface area contributed by atoms with Gasteiger partial charge in [-0.05, 0) is 79.2 Å². The molecule has 0 fully saturated rings. The van der Waals surface area contributed by atoms with E-state index in [1.807, 2.05) is 18.2 Å². The Bertz CT molecular complexity index is 2040. The molecule has 14 heteroatoms. The fraction of sp³-hybridized carbons (Fsp3) is 0.143. The van der Waals surface area contributed by atoms with Crippen LogP contribution in [0.5, 0.6) is 28.7 Å². The molecule has 252 valence electrons. The summed E-state index contributed by atoms with van der Waals surface area (Å²) in [5, 5.41) is 8.05. The van der Waals surface area contributed by atoms with E-state index in [4.69, 9.17) is 35.3 Å². The van der Waals surface area contributed by atoms with Gasteiger partial charge in [-0.25, -0.2) is 10.2 Å². The van der Waals surface area contributed by atoms with Crippen LogP contribution in [0.25, 0.3) is 10.1 Å². The summed E-state index contributed by atoms with van der Waals surface area (Å²) < 4.78 is 29.1. The van der Waals surface area contributed by atoms with E-state index in [1.54, 1.807) is 49.4 Å². The molecule has 0 saturated carbocycles. The van der Waals surface area contributed by atoms with E-state index in [-0.39, 0.29) is 17.2 Å². The van der Waals surface area contributed by atoms with Crippen LogP contribution in [0, 0.1) is 0 Å². The molecule has 0 radical (unpaired) electrons. The van der Waals surface area contributed by atoms with Crippen molar-refractivity contribution in [3.63, 3.8) is 0 Å². The molecule has 0 spiro atoms. The lowest BCUT2D eigenvalue weighted by molar-refractivity contribution is 0.0727. The number of rotatable bonds is 12. The van der Waals surface area contributed by atoms with Crippen molar-refractivity contribution in [3.8, 4) is 28.7 Å². The van der Waals surface area contributed by atoms with Gasteiger partial charge in [0.15, 0.2) is 23.0 Å². The van der Waals surface area contributed by atoms with E-state index >= 15 is 0 Å². The number of carbonyl (C=O) groups is 3. The van der Waals surface area contributed by atoms with E-state index in [0.717, 1.165) is 14.6 Å². The van der Waals surface area contributed by atoms with E-state index in [1.165, 1.54) is 51.0 Å². The second-order valence-electron chi connectivity index (χ2n) is 10.1. The average molecular weight is 767 g/mol. The van der Waals surface area contributed by atoms with Gasteiger partial charge >= 0.3 is 5.97 Å². The molecule has 2 N–H and O–H groups in total. The SMILES string of the molecule is CCOc1cc(/C=N\NC(=O)c2ccc(NC(=O)c3sc4cc(Br)ccc4c3Cl)cc2)ccc1OC(=O)c1cc(OC)c(OC)c(OC)c1. The molecule has 5 rings (SSSR count). The average Bonchev–Trinajstić information content (AvgIpc) is 3.43. The topological polar surface area (TPSA) is 134 Å². The summed E-state index contributed by atoms with van der Waals surface area (Å²) in [5.74, 6) is -0.0640. The molecule has 11 nitrogen and oxygen atoms in total. The molecule has 0 atom stereocenters. The number of esters is 1. The molecular weight excluding hydrogens is 738 g/mol. The third kappa shape index (κ3) is 8.13. The number of thiophene rings is 1. The molecule has 0 aliphatic rings. The fourth-order valence-corrected chi connectivity index (χ4v) is 6.59. The van der Waals surface area contributed by atoms with Crippen molar-refractivity contribution in [1.29, 1.82) is 0 Å². The van der Waals surface area contributed by atoms with Crippen LogP contribution in [0.4, 0.5) is 5.69 Å². The minimum Gasteiger partial charge on any atom is -0.493 e. The van der Waals surface area contributed by atoms with Gasteiger partial charge < -0.3 is 29.0 Å². The second kappa shape index (κ2) is 15.9. The van der Waals surface area contributed by atoms with Gasteiger partial charge in [0.25, 0.3) is 11.8 Å². The lowest BCUT2D eigenvalue weighted by atomic mass is 10.1. The van der Waals surface area contributed by atoms with Crippen LogP contribution in [0.3, 0.4) is 0 Å². The van der Waals surface area contributed by atoms with Crippen LogP contribution in [0.2, 0.25) is 5.02 Å².